The fourth-order valence-corrected chi connectivity index (χ4v) is 2.16. The molecule has 1 heterocycles. The number of likely N-dealkylation sites (tertiary alicyclic amines) is 1. The highest BCUT2D eigenvalue weighted by molar-refractivity contribution is 5.99. The summed E-state index contributed by atoms with van der Waals surface area (Å²) in [6, 6.07) is -1.25. The summed E-state index contributed by atoms with van der Waals surface area (Å²) >= 11 is 0. The first kappa shape index (κ1) is 16.4. The number of hydrogen-bond acceptors (Lipinski definition) is 4. The predicted octanol–water partition coefficient (Wildman–Crippen LogP) is -0.127. The first-order valence-corrected chi connectivity index (χ1v) is 6.10. The number of nitrogens with two attached hydrogens (primary N) is 1. The van der Waals surface area contributed by atoms with Gasteiger partial charge in [-0.3, -0.25) is 19.3 Å². The normalized spacial score (nSPS) is 19.1. The van der Waals surface area contributed by atoms with E-state index in [2.05, 4.69) is 0 Å². The highest BCUT2D eigenvalue weighted by Gasteiger charge is 2.48. The van der Waals surface area contributed by atoms with Crippen LogP contribution in [0.25, 0.3) is 0 Å². The van der Waals surface area contributed by atoms with E-state index in [-0.39, 0.29) is 32.5 Å². The molecule has 0 saturated carbocycles. The third-order valence-electron chi connectivity index (χ3n) is 3.04. The number of amides is 3. The maximum atomic E-state index is 12.4. The van der Waals surface area contributed by atoms with Crippen LogP contribution in [0.1, 0.15) is 19.8 Å². The summed E-state index contributed by atoms with van der Waals surface area (Å²) in [5.74, 6) is -3.46. The molecule has 114 valence electrons. The Kier molecular flexibility index (Phi) is 5.09. The van der Waals surface area contributed by atoms with Gasteiger partial charge < -0.3 is 10.6 Å². The minimum atomic E-state index is -5.03. The van der Waals surface area contributed by atoms with Crippen LogP contribution in [-0.4, -0.2) is 59.4 Å². The molecular weight excluding hydrogens is 279 g/mol. The van der Waals surface area contributed by atoms with E-state index in [0.29, 0.717) is 4.90 Å². The van der Waals surface area contributed by atoms with Gasteiger partial charge in [0.2, 0.25) is 5.91 Å². The van der Waals surface area contributed by atoms with Crippen molar-refractivity contribution in [1.82, 2.24) is 9.80 Å². The molecule has 0 aromatic rings. The van der Waals surface area contributed by atoms with Crippen molar-refractivity contribution in [3.05, 3.63) is 0 Å². The van der Waals surface area contributed by atoms with E-state index in [4.69, 9.17) is 5.73 Å². The van der Waals surface area contributed by atoms with Crippen molar-refractivity contribution in [2.45, 2.75) is 32.0 Å². The maximum Gasteiger partial charge on any atom is 0.471 e. The molecule has 6 nitrogen and oxygen atoms in total. The minimum absolute atomic E-state index is 0.00522. The molecule has 1 atom stereocenters. The Bertz CT molecular complexity index is 411. The van der Waals surface area contributed by atoms with E-state index >= 15 is 0 Å². The van der Waals surface area contributed by atoms with Crippen molar-refractivity contribution in [2.24, 2.45) is 5.73 Å². The van der Waals surface area contributed by atoms with Crippen molar-refractivity contribution < 1.29 is 27.6 Å². The molecule has 1 aliphatic heterocycles. The lowest BCUT2D eigenvalue weighted by molar-refractivity contribution is -0.187. The van der Waals surface area contributed by atoms with Gasteiger partial charge in [-0.1, -0.05) is 0 Å². The van der Waals surface area contributed by atoms with Gasteiger partial charge in [0.15, 0.2) is 0 Å². The van der Waals surface area contributed by atoms with Crippen LogP contribution in [0.4, 0.5) is 13.2 Å². The Balaban J connectivity index is 2.90. The van der Waals surface area contributed by atoms with Gasteiger partial charge >= 0.3 is 12.1 Å². The molecule has 0 aliphatic carbocycles. The van der Waals surface area contributed by atoms with E-state index in [1.54, 1.807) is 0 Å². The largest absolute Gasteiger partial charge is 0.471 e. The van der Waals surface area contributed by atoms with Crippen LogP contribution in [0.2, 0.25) is 0 Å². The Labute approximate surface area is 113 Å². The number of nitrogens with zero attached hydrogens (tertiary/aromatic N) is 2. The summed E-state index contributed by atoms with van der Waals surface area (Å²) in [5.41, 5.74) is 5.26. The van der Waals surface area contributed by atoms with Crippen LogP contribution in [0.3, 0.4) is 0 Å². The molecule has 1 fully saturated rings. The van der Waals surface area contributed by atoms with Gasteiger partial charge in [0.25, 0.3) is 5.91 Å². The van der Waals surface area contributed by atoms with Crippen LogP contribution in [0.15, 0.2) is 0 Å². The van der Waals surface area contributed by atoms with Crippen LogP contribution in [0.5, 0.6) is 0 Å². The number of hydrogen-bond donors (Lipinski definition) is 1. The van der Waals surface area contributed by atoms with Gasteiger partial charge in [0, 0.05) is 26.6 Å². The Morgan fingerprint density at radius 3 is 2.40 bits per heavy atom. The first-order chi connectivity index (χ1) is 9.20. The zero-order valence-electron chi connectivity index (χ0n) is 10.9. The molecule has 1 unspecified atom stereocenters. The van der Waals surface area contributed by atoms with Gasteiger partial charge in [-0.25, -0.2) is 0 Å². The molecule has 1 saturated heterocycles. The van der Waals surface area contributed by atoms with Gasteiger partial charge in [0.1, 0.15) is 6.04 Å². The molecule has 0 aromatic heterocycles. The Morgan fingerprint density at radius 1 is 1.35 bits per heavy atom. The number of carbonyl (C=O) groups is 3. The van der Waals surface area contributed by atoms with Gasteiger partial charge in [0.05, 0.1) is 0 Å². The lowest BCUT2D eigenvalue weighted by Gasteiger charge is -2.28. The summed E-state index contributed by atoms with van der Waals surface area (Å²) in [4.78, 5) is 36.0. The second-order valence-electron chi connectivity index (χ2n) is 4.45. The molecule has 0 radical (unpaired) electrons. The number of imide groups is 1. The lowest BCUT2D eigenvalue weighted by atomic mass is 10.2. The van der Waals surface area contributed by atoms with Gasteiger partial charge in [-0.15, -0.1) is 0 Å². The van der Waals surface area contributed by atoms with Crippen molar-refractivity contribution in [3.8, 4) is 0 Å². The second-order valence-corrected chi connectivity index (χ2v) is 4.45. The summed E-state index contributed by atoms with van der Waals surface area (Å²) < 4.78 is 37.3. The molecule has 0 aromatic carbocycles. The number of carbonyl (C=O) groups excluding carboxylic acids is 3. The van der Waals surface area contributed by atoms with Crippen molar-refractivity contribution in [2.75, 3.05) is 19.6 Å². The topological polar surface area (TPSA) is 83.7 Å². The van der Waals surface area contributed by atoms with Crippen molar-refractivity contribution in [3.63, 3.8) is 0 Å². The van der Waals surface area contributed by atoms with Crippen LogP contribution >= 0.6 is 0 Å². The number of alkyl halides is 3. The van der Waals surface area contributed by atoms with Crippen molar-refractivity contribution >= 4 is 17.7 Å². The standard InChI is InChI=1S/C11H16F3N3O3/c1-7(18)16(6-4-15)9(19)8-3-2-5-17(8)10(20)11(12,13)14/h8H,2-6,15H2,1H3. The smallest absolute Gasteiger partial charge is 0.329 e. The summed E-state index contributed by atoms with van der Waals surface area (Å²) in [7, 11) is 0. The number of halogens is 3. The van der Waals surface area contributed by atoms with Crippen molar-refractivity contribution in [1.29, 1.82) is 0 Å². The van der Waals surface area contributed by atoms with Crippen LogP contribution < -0.4 is 5.73 Å². The fourth-order valence-electron chi connectivity index (χ4n) is 2.16. The molecule has 9 heteroatoms. The molecule has 0 bridgehead atoms. The maximum absolute atomic E-state index is 12.4. The van der Waals surface area contributed by atoms with Gasteiger partial charge in [-0.2, -0.15) is 13.2 Å². The molecule has 2 N–H and O–H groups in total. The molecule has 3 amide bonds. The van der Waals surface area contributed by atoms with E-state index in [1.165, 1.54) is 0 Å². The summed E-state index contributed by atoms with van der Waals surface area (Å²) in [6.45, 7) is 0.894. The third-order valence-corrected chi connectivity index (χ3v) is 3.04. The van der Waals surface area contributed by atoms with Crippen LogP contribution in [0, 0.1) is 0 Å². The lowest BCUT2D eigenvalue weighted by Crippen LogP contribution is -2.53. The molecule has 1 aliphatic rings. The number of rotatable bonds is 3. The van der Waals surface area contributed by atoms with E-state index < -0.39 is 29.9 Å². The molecule has 20 heavy (non-hydrogen) atoms. The van der Waals surface area contributed by atoms with E-state index in [0.717, 1.165) is 11.8 Å². The average molecular weight is 295 g/mol. The van der Waals surface area contributed by atoms with Gasteiger partial charge in [-0.05, 0) is 12.8 Å². The second kappa shape index (κ2) is 6.21. The molecule has 1 rings (SSSR count). The highest BCUT2D eigenvalue weighted by atomic mass is 19.4. The SMILES string of the molecule is CC(=O)N(CCN)C(=O)C1CCCN1C(=O)C(F)(F)F. The monoisotopic (exact) mass is 295 g/mol. The zero-order valence-corrected chi connectivity index (χ0v) is 10.9. The van der Waals surface area contributed by atoms with E-state index in [1.807, 2.05) is 0 Å². The minimum Gasteiger partial charge on any atom is -0.329 e. The summed E-state index contributed by atoms with van der Waals surface area (Å²) in [5, 5.41) is 0. The fraction of sp³-hybridized carbons (Fsp3) is 0.727. The quantitative estimate of drug-likeness (QED) is 0.786. The average Bonchev–Trinajstić information content (AvgIpc) is 2.81. The summed E-state index contributed by atoms with van der Waals surface area (Å²) in [6.07, 6.45) is -4.64. The Hall–Kier alpha value is -1.64. The predicted molar refractivity (Wildman–Crippen MR) is 62.2 cm³/mol. The van der Waals surface area contributed by atoms with E-state index in [9.17, 15) is 27.6 Å². The Morgan fingerprint density at radius 2 is 1.95 bits per heavy atom. The molecule has 0 spiro atoms. The zero-order chi connectivity index (χ0) is 15.5. The highest BCUT2D eigenvalue weighted by Crippen LogP contribution is 2.26. The van der Waals surface area contributed by atoms with Crippen LogP contribution in [-0.2, 0) is 14.4 Å². The first-order valence-electron chi connectivity index (χ1n) is 6.10. The molecular formula is C11H16F3N3O3. The third kappa shape index (κ3) is 3.47.